The molecule has 0 unspecified atom stereocenters. The number of rotatable bonds is 8. The molecule has 2 atom stereocenters. The van der Waals surface area contributed by atoms with Crippen LogP contribution >= 0.6 is 0 Å². The van der Waals surface area contributed by atoms with Crippen LogP contribution in [0.1, 0.15) is 31.7 Å². The van der Waals surface area contributed by atoms with Crippen molar-refractivity contribution in [1.29, 1.82) is 0 Å². The first-order valence-corrected chi connectivity index (χ1v) is 11.9. The molecular formula is C26H31N5O4. The summed E-state index contributed by atoms with van der Waals surface area (Å²) in [4.78, 5) is 52.7. The number of likely N-dealkylation sites (tertiary alicyclic amines) is 1. The molecular weight excluding hydrogens is 446 g/mol. The number of benzene rings is 2. The molecule has 0 aliphatic carbocycles. The molecule has 3 N–H and O–H groups in total. The van der Waals surface area contributed by atoms with E-state index in [1.54, 1.807) is 6.92 Å². The second kappa shape index (κ2) is 10.7. The highest BCUT2D eigenvalue weighted by atomic mass is 16.2. The van der Waals surface area contributed by atoms with E-state index >= 15 is 0 Å². The Kier molecular flexibility index (Phi) is 7.45. The standard InChI is InChI=1S/C26H31N5O4/c1-26(15-14-19-9-4-2-5-10-19)24(34)31(25(35)28-26)29-22(32)18-30-16-8-11-20(17-30)23(33)27-21-12-6-3-7-13-21/h2-7,9-10,12-13,20H,8,11,14-18H2,1H3,(H,27,33)(H,28,35)(H,29,32)/t20-,26-/m1/s1. The zero-order valence-corrected chi connectivity index (χ0v) is 19.8. The molecule has 2 saturated heterocycles. The second-order valence-corrected chi connectivity index (χ2v) is 9.35. The fraction of sp³-hybridized carbons (Fsp3) is 0.385. The maximum Gasteiger partial charge on any atom is 0.344 e. The molecule has 35 heavy (non-hydrogen) atoms. The number of piperidine rings is 1. The average Bonchev–Trinajstić information content (AvgIpc) is 3.07. The average molecular weight is 478 g/mol. The SMILES string of the molecule is C[C@]1(CCc2ccccc2)NC(=O)N(NC(=O)CN2CCC[C@@H](C(=O)Nc3ccccc3)C2)C1=O. The number of anilines is 1. The van der Waals surface area contributed by atoms with Crippen molar-refractivity contribution < 1.29 is 19.2 Å². The Bertz CT molecular complexity index is 1080. The van der Waals surface area contributed by atoms with Crippen molar-refractivity contribution in [1.82, 2.24) is 20.7 Å². The maximum absolute atomic E-state index is 13.0. The number of nitrogens with zero attached hydrogens (tertiary/aromatic N) is 2. The van der Waals surface area contributed by atoms with Crippen LogP contribution in [0.5, 0.6) is 0 Å². The Balaban J connectivity index is 1.28. The van der Waals surface area contributed by atoms with E-state index in [2.05, 4.69) is 16.1 Å². The van der Waals surface area contributed by atoms with E-state index in [9.17, 15) is 19.2 Å². The molecule has 0 bridgehead atoms. The Morgan fingerprint density at radius 2 is 1.74 bits per heavy atom. The van der Waals surface area contributed by atoms with Crippen molar-refractivity contribution in [3.05, 3.63) is 66.2 Å². The molecule has 184 valence electrons. The minimum absolute atomic E-state index is 0.00704. The van der Waals surface area contributed by atoms with Gasteiger partial charge in [0.25, 0.3) is 11.8 Å². The summed E-state index contributed by atoms with van der Waals surface area (Å²) in [6.45, 7) is 2.76. The third-order valence-electron chi connectivity index (χ3n) is 6.54. The third-order valence-corrected chi connectivity index (χ3v) is 6.54. The van der Waals surface area contributed by atoms with E-state index in [4.69, 9.17) is 0 Å². The van der Waals surface area contributed by atoms with Gasteiger partial charge in [-0.1, -0.05) is 48.5 Å². The molecule has 0 saturated carbocycles. The maximum atomic E-state index is 13.0. The van der Waals surface area contributed by atoms with Crippen LogP contribution in [0.3, 0.4) is 0 Å². The lowest BCUT2D eigenvalue weighted by atomic mass is 9.93. The van der Waals surface area contributed by atoms with Crippen molar-refractivity contribution in [2.45, 2.75) is 38.1 Å². The summed E-state index contributed by atoms with van der Waals surface area (Å²) in [7, 11) is 0. The van der Waals surface area contributed by atoms with E-state index in [-0.39, 0.29) is 18.4 Å². The summed E-state index contributed by atoms with van der Waals surface area (Å²) >= 11 is 0. The number of hydrogen-bond acceptors (Lipinski definition) is 5. The van der Waals surface area contributed by atoms with E-state index in [1.807, 2.05) is 65.6 Å². The number of carbonyl (C=O) groups excluding carboxylic acids is 4. The number of hydrogen-bond donors (Lipinski definition) is 3. The van der Waals surface area contributed by atoms with Gasteiger partial charge in [-0.25, -0.2) is 4.79 Å². The number of nitrogens with one attached hydrogen (secondary N) is 3. The molecule has 5 amide bonds. The van der Waals surface area contributed by atoms with Crippen LogP contribution in [0.25, 0.3) is 0 Å². The number of urea groups is 1. The summed E-state index contributed by atoms with van der Waals surface area (Å²) in [5.74, 6) is -1.27. The molecule has 0 radical (unpaired) electrons. The zero-order chi connectivity index (χ0) is 24.8. The molecule has 9 heteroatoms. The lowest BCUT2D eigenvalue weighted by Gasteiger charge is -2.31. The highest BCUT2D eigenvalue weighted by Crippen LogP contribution is 2.23. The summed E-state index contributed by atoms with van der Waals surface area (Å²) in [6.07, 6.45) is 2.55. The largest absolute Gasteiger partial charge is 0.344 e. The third kappa shape index (κ3) is 6.05. The highest BCUT2D eigenvalue weighted by Gasteiger charge is 2.48. The molecule has 2 aromatic carbocycles. The number of imide groups is 1. The van der Waals surface area contributed by atoms with E-state index in [0.29, 0.717) is 25.9 Å². The number of carbonyl (C=O) groups is 4. The van der Waals surface area contributed by atoms with E-state index < -0.39 is 23.4 Å². The van der Waals surface area contributed by atoms with E-state index in [0.717, 1.165) is 29.1 Å². The summed E-state index contributed by atoms with van der Waals surface area (Å²) < 4.78 is 0. The Labute approximate surface area is 204 Å². The first-order chi connectivity index (χ1) is 16.8. The van der Waals surface area contributed by atoms with Crippen LogP contribution in [0.4, 0.5) is 10.5 Å². The topological polar surface area (TPSA) is 111 Å². The second-order valence-electron chi connectivity index (χ2n) is 9.35. The molecule has 9 nitrogen and oxygen atoms in total. The smallest absolute Gasteiger partial charge is 0.326 e. The van der Waals surface area contributed by atoms with Gasteiger partial charge in [-0.2, -0.15) is 5.01 Å². The molecule has 2 aromatic rings. The van der Waals surface area contributed by atoms with Crippen molar-refractivity contribution in [3.8, 4) is 0 Å². The van der Waals surface area contributed by atoms with Gasteiger partial charge in [0.2, 0.25) is 5.91 Å². The number of hydrazine groups is 1. The lowest BCUT2D eigenvalue weighted by molar-refractivity contribution is -0.139. The Hall–Kier alpha value is -3.72. The van der Waals surface area contributed by atoms with Crippen LogP contribution in [0, 0.1) is 5.92 Å². The van der Waals surface area contributed by atoms with Crippen LogP contribution in [-0.4, -0.2) is 58.8 Å². The van der Waals surface area contributed by atoms with Crippen molar-refractivity contribution in [3.63, 3.8) is 0 Å². The lowest BCUT2D eigenvalue weighted by Crippen LogP contribution is -2.52. The van der Waals surface area contributed by atoms with Gasteiger partial charge in [0.15, 0.2) is 0 Å². The van der Waals surface area contributed by atoms with Crippen molar-refractivity contribution >= 4 is 29.4 Å². The normalized spacial score (nSPS) is 22.5. The van der Waals surface area contributed by atoms with Gasteiger partial charge < -0.3 is 10.6 Å². The van der Waals surface area contributed by atoms with Crippen LogP contribution in [0.2, 0.25) is 0 Å². The van der Waals surface area contributed by atoms with Gasteiger partial charge in [-0.3, -0.25) is 24.7 Å². The monoisotopic (exact) mass is 477 g/mol. The Morgan fingerprint density at radius 1 is 1.06 bits per heavy atom. The molecule has 2 fully saturated rings. The summed E-state index contributed by atoms with van der Waals surface area (Å²) in [5.41, 5.74) is 3.16. The fourth-order valence-corrected chi connectivity index (χ4v) is 4.54. The van der Waals surface area contributed by atoms with Crippen LogP contribution in [0.15, 0.2) is 60.7 Å². The molecule has 0 aromatic heterocycles. The van der Waals surface area contributed by atoms with Crippen LogP contribution in [-0.2, 0) is 20.8 Å². The molecule has 2 aliphatic rings. The molecule has 2 heterocycles. The van der Waals surface area contributed by atoms with Gasteiger partial charge >= 0.3 is 6.03 Å². The van der Waals surface area contributed by atoms with Gasteiger partial charge in [-0.15, -0.1) is 0 Å². The molecule has 4 rings (SSSR count). The minimum atomic E-state index is -1.09. The molecule has 0 spiro atoms. The Morgan fingerprint density at radius 3 is 2.46 bits per heavy atom. The van der Waals surface area contributed by atoms with Gasteiger partial charge in [0, 0.05) is 12.2 Å². The van der Waals surface area contributed by atoms with Crippen molar-refractivity contribution in [2.75, 3.05) is 25.0 Å². The fourth-order valence-electron chi connectivity index (χ4n) is 4.54. The highest BCUT2D eigenvalue weighted by molar-refractivity contribution is 6.07. The van der Waals surface area contributed by atoms with Crippen molar-refractivity contribution in [2.24, 2.45) is 5.92 Å². The molecule has 2 aliphatic heterocycles. The predicted octanol–water partition coefficient (Wildman–Crippen LogP) is 2.31. The summed E-state index contributed by atoms with van der Waals surface area (Å²) in [6, 6.07) is 18.3. The zero-order valence-electron chi connectivity index (χ0n) is 19.8. The first-order valence-electron chi connectivity index (χ1n) is 11.9. The minimum Gasteiger partial charge on any atom is -0.326 e. The van der Waals surface area contributed by atoms with Gasteiger partial charge in [0.1, 0.15) is 5.54 Å². The summed E-state index contributed by atoms with van der Waals surface area (Å²) in [5, 5.41) is 6.40. The number of para-hydroxylation sites is 1. The predicted molar refractivity (Wildman–Crippen MR) is 131 cm³/mol. The van der Waals surface area contributed by atoms with Crippen LogP contribution < -0.4 is 16.1 Å². The quantitative estimate of drug-likeness (QED) is 0.506. The van der Waals surface area contributed by atoms with Gasteiger partial charge in [-0.05, 0) is 56.8 Å². The van der Waals surface area contributed by atoms with Gasteiger partial charge in [0.05, 0.1) is 12.5 Å². The first kappa shape index (κ1) is 24.4. The number of aryl methyl sites for hydroxylation is 1. The van der Waals surface area contributed by atoms with E-state index in [1.165, 1.54) is 0 Å². The number of amides is 5.